The predicted octanol–water partition coefficient (Wildman–Crippen LogP) is 3.87. The minimum Gasteiger partial charge on any atom is -0.496 e. The highest BCUT2D eigenvalue weighted by molar-refractivity contribution is 7.80. The molecule has 0 bridgehead atoms. The highest BCUT2D eigenvalue weighted by atomic mass is 35.5. The van der Waals surface area contributed by atoms with Crippen LogP contribution < -0.4 is 15.2 Å². The van der Waals surface area contributed by atoms with Gasteiger partial charge in [-0.1, -0.05) is 35.4 Å². The fraction of sp³-hybridized carbons (Fsp3) is 0.188. The lowest BCUT2D eigenvalue weighted by Crippen LogP contribution is -2.12. The van der Waals surface area contributed by atoms with E-state index in [0.29, 0.717) is 22.9 Å². The molecule has 0 aliphatic carbocycles. The van der Waals surface area contributed by atoms with Crippen LogP contribution in [0.2, 0.25) is 5.02 Å². The van der Waals surface area contributed by atoms with E-state index in [1.807, 2.05) is 25.1 Å². The average Bonchev–Trinajstić information content (AvgIpc) is 2.45. The van der Waals surface area contributed by atoms with Crippen molar-refractivity contribution in [3.05, 3.63) is 58.1 Å². The van der Waals surface area contributed by atoms with Gasteiger partial charge in [-0.2, -0.15) is 0 Å². The molecule has 0 saturated carbocycles. The first-order valence-corrected chi connectivity index (χ1v) is 7.15. The summed E-state index contributed by atoms with van der Waals surface area (Å²) in [7, 11) is 1.63. The molecule has 5 heteroatoms. The van der Waals surface area contributed by atoms with E-state index in [9.17, 15) is 0 Å². The van der Waals surface area contributed by atoms with Crippen LogP contribution in [0.15, 0.2) is 36.4 Å². The quantitative estimate of drug-likeness (QED) is 0.849. The molecule has 0 unspecified atom stereocenters. The highest BCUT2D eigenvalue weighted by Crippen LogP contribution is 2.26. The third kappa shape index (κ3) is 3.86. The van der Waals surface area contributed by atoms with E-state index in [-0.39, 0.29) is 4.99 Å². The molecule has 0 heterocycles. The Kier molecular flexibility index (Phi) is 5.04. The van der Waals surface area contributed by atoms with E-state index in [1.54, 1.807) is 25.3 Å². The van der Waals surface area contributed by atoms with Gasteiger partial charge in [-0.3, -0.25) is 0 Å². The van der Waals surface area contributed by atoms with E-state index in [2.05, 4.69) is 0 Å². The van der Waals surface area contributed by atoms with Gasteiger partial charge in [0.05, 0.1) is 12.7 Å². The lowest BCUT2D eigenvalue weighted by Gasteiger charge is -2.13. The number of hydrogen-bond acceptors (Lipinski definition) is 3. The molecule has 21 heavy (non-hydrogen) atoms. The second kappa shape index (κ2) is 6.78. The van der Waals surface area contributed by atoms with Gasteiger partial charge < -0.3 is 15.2 Å². The number of hydrogen-bond donors (Lipinski definition) is 1. The Morgan fingerprint density at radius 2 is 1.95 bits per heavy atom. The second-order valence-corrected chi connectivity index (χ2v) is 5.48. The van der Waals surface area contributed by atoms with Gasteiger partial charge >= 0.3 is 0 Å². The summed E-state index contributed by atoms with van der Waals surface area (Å²) >= 11 is 11.0. The molecular formula is C16H16ClNO2S. The van der Waals surface area contributed by atoms with Crippen molar-refractivity contribution < 1.29 is 9.47 Å². The van der Waals surface area contributed by atoms with Crippen LogP contribution in [0.5, 0.6) is 11.5 Å². The van der Waals surface area contributed by atoms with Crippen molar-refractivity contribution in [1.29, 1.82) is 0 Å². The number of ether oxygens (including phenoxy) is 2. The molecule has 2 rings (SSSR count). The first-order valence-electron chi connectivity index (χ1n) is 6.37. The van der Waals surface area contributed by atoms with Crippen LogP contribution in [0, 0.1) is 6.92 Å². The van der Waals surface area contributed by atoms with Crippen LogP contribution in [-0.4, -0.2) is 12.1 Å². The Hall–Kier alpha value is -1.78. The van der Waals surface area contributed by atoms with Gasteiger partial charge in [-0.15, -0.1) is 0 Å². The molecule has 2 aromatic rings. The van der Waals surface area contributed by atoms with Crippen molar-refractivity contribution in [1.82, 2.24) is 0 Å². The standard InChI is InChI=1S/C16H16ClNO2S/c1-10-3-6-14(19-2)11(7-10)9-20-15-8-12(17)4-5-13(15)16(18)21/h3-8H,9H2,1-2H3,(H2,18,21). The number of halogens is 1. The molecule has 110 valence electrons. The Bertz CT molecular complexity index is 673. The number of benzene rings is 2. The smallest absolute Gasteiger partial charge is 0.131 e. The maximum Gasteiger partial charge on any atom is 0.131 e. The minimum absolute atomic E-state index is 0.276. The first-order chi connectivity index (χ1) is 10.0. The molecule has 0 aromatic heterocycles. The van der Waals surface area contributed by atoms with Crippen molar-refractivity contribution in [2.45, 2.75) is 13.5 Å². The fourth-order valence-corrected chi connectivity index (χ4v) is 2.33. The maximum absolute atomic E-state index is 6.00. The Balaban J connectivity index is 2.26. The van der Waals surface area contributed by atoms with E-state index >= 15 is 0 Å². The van der Waals surface area contributed by atoms with Crippen LogP contribution in [0.1, 0.15) is 16.7 Å². The number of thiocarbonyl (C=S) groups is 1. The van der Waals surface area contributed by atoms with E-state index in [0.717, 1.165) is 16.9 Å². The molecule has 0 atom stereocenters. The predicted molar refractivity (Wildman–Crippen MR) is 89.4 cm³/mol. The summed E-state index contributed by atoms with van der Waals surface area (Å²) in [4.78, 5) is 0.276. The summed E-state index contributed by atoms with van der Waals surface area (Å²) in [6.45, 7) is 2.36. The van der Waals surface area contributed by atoms with Gasteiger partial charge in [0.15, 0.2) is 0 Å². The average molecular weight is 322 g/mol. The molecular weight excluding hydrogens is 306 g/mol. The Morgan fingerprint density at radius 3 is 2.62 bits per heavy atom. The SMILES string of the molecule is COc1ccc(C)cc1COc1cc(Cl)ccc1C(N)=S. The molecule has 0 saturated heterocycles. The largest absolute Gasteiger partial charge is 0.496 e. The van der Waals surface area contributed by atoms with Crippen molar-refractivity contribution in [3.63, 3.8) is 0 Å². The van der Waals surface area contributed by atoms with Crippen molar-refractivity contribution in [2.24, 2.45) is 5.73 Å². The molecule has 2 N–H and O–H groups in total. The summed E-state index contributed by atoms with van der Waals surface area (Å²) in [5.74, 6) is 1.35. The molecule has 0 fully saturated rings. The van der Waals surface area contributed by atoms with Crippen LogP contribution in [0.4, 0.5) is 0 Å². The molecule has 0 amide bonds. The maximum atomic E-state index is 6.00. The van der Waals surface area contributed by atoms with Crippen molar-refractivity contribution >= 4 is 28.8 Å². The van der Waals surface area contributed by atoms with Gasteiger partial charge in [0.1, 0.15) is 23.1 Å². The Labute approximate surface area is 134 Å². The zero-order valence-corrected chi connectivity index (χ0v) is 13.4. The third-order valence-electron chi connectivity index (χ3n) is 3.03. The van der Waals surface area contributed by atoms with Gasteiger partial charge in [0.25, 0.3) is 0 Å². The molecule has 0 radical (unpaired) electrons. The van der Waals surface area contributed by atoms with Gasteiger partial charge in [0, 0.05) is 10.6 Å². The van der Waals surface area contributed by atoms with E-state index in [4.69, 9.17) is 39.0 Å². The normalized spacial score (nSPS) is 10.2. The zero-order valence-electron chi connectivity index (χ0n) is 11.9. The molecule has 0 aliphatic heterocycles. The van der Waals surface area contributed by atoms with Crippen LogP contribution >= 0.6 is 23.8 Å². The third-order valence-corrected chi connectivity index (χ3v) is 3.48. The zero-order chi connectivity index (χ0) is 15.4. The second-order valence-electron chi connectivity index (χ2n) is 4.61. The highest BCUT2D eigenvalue weighted by Gasteiger charge is 2.10. The number of rotatable bonds is 5. The Morgan fingerprint density at radius 1 is 1.19 bits per heavy atom. The van der Waals surface area contributed by atoms with E-state index < -0.39 is 0 Å². The summed E-state index contributed by atoms with van der Waals surface area (Å²) in [6, 6.07) is 11.1. The van der Waals surface area contributed by atoms with Crippen LogP contribution in [0.25, 0.3) is 0 Å². The van der Waals surface area contributed by atoms with E-state index in [1.165, 1.54) is 0 Å². The topological polar surface area (TPSA) is 44.5 Å². The van der Waals surface area contributed by atoms with Crippen LogP contribution in [0.3, 0.4) is 0 Å². The number of nitrogens with two attached hydrogens (primary N) is 1. The van der Waals surface area contributed by atoms with Crippen molar-refractivity contribution in [2.75, 3.05) is 7.11 Å². The lowest BCUT2D eigenvalue weighted by molar-refractivity contribution is 0.296. The lowest BCUT2D eigenvalue weighted by atomic mass is 10.1. The van der Waals surface area contributed by atoms with Crippen LogP contribution in [-0.2, 0) is 6.61 Å². The summed E-state index contributed by atoms with van der Waals surface area (Å²) in [6.07, 6.45) is 0. The van der Waals surface area contributed by atoms with Gasteiger partial charge in [-0.05, 0) is 37.3 Å². The summed E-state index contributed by atoms with van der Waals surface area (Å²) in [5.41, 5.74) is 8.45. The molecule has 3 nitrogen and oxygen atoms in total. The number of aryl methyl sites for hydroxylation is 1. The monoisotopic (exact) mass is 321 g/mol. The molecule has 0 spiro atoms. The van der Waals surface area contributed by atoms with Gasteiger partial charge in [0.2, 0.25) is 0 Å². The first kappa shape index (κ1) is 15.6. The van der Waals surface area contributed by atoms with Crippen molar-refractivity contribution in [3.8, 4) is 11.5 Å². The number of methoxy groups -OCH3 is 1. The summed E-state index contributed by atoms with van der Waals surface area (Å²) in [5, 5.41) is 0.571. The molecule has 0 aliphatic rings. The van der Waals surface area contributed by atoms with Gasteiger partial charge in [-0.25, -0.2) is 0 Å². The minimum atomic E-state index is 0.276. The molecule has 2 aromatic carbocycles. The fourth-order valence-electron chi connectivity index (χ4n) is 1.99. The summed E-state index contributed by atoms with van der Waals surface area (Å²) < 4.78 is 11.2.